The molecule has 0 aliphatic heterocycles. The Labute approximate surface area is 160 Å². The first kappa shape index (κ1) is 17.8. The van der Waals surface area contributed by atoms with E-state index in [1.54, 1.807) is 6.07 Å². The van der Waals surface area contributed by atoms with Crippen LogP contribution in [-0.2, 0) is 10.5 Å². The molecule has 0 spiro atoms. The number of aliphatic hydroxyl groups is 1. The quantitative estimate of drug-likeness (QED) is 0.616. The number of thiophene rings is 1. The van der Waals surface area contributed by atoms with Crippen LogP contribution in [0.3, 0.4) is 0 Å². The second-order valence-corrected chi connectivity index (χ2v) is 7.89. The Kier molecular flexibility index (Phi) is 4.77. The summed E-state index contributed by atoms with van der Waals surface area (Å²) in [6, 6.07) is 5.06. The summed E-state index contributed by atoms with van der Waals surface area (Å²) in [5, 5.41) is 15.4. The molecule has 4 rings (SSSR count). The summed E-state index contributed by atoms with van der Waals surface area (Å²) in [6.45, 7) is 0. The third kappa shape index (κ3) is 3.51. The van der Waals surface area contributed by atoms with Crippen LogP contribution in [0.5, 0.6) is 0 Å². The molecule has 140 valence electrons. The maximum atomic E-state index is 12.9. The van der Waals surface area contributed by atoms with Crippen LogP contribution in [0.1, 0.15) is 29.8 Å². The minimum atomic E-state index is -2.59. The van der Waals surface area contributed by atoms with E-state index in [1.165, 1.54) is 17.5 Å². The Bertz CT molecular complexity index is 1130. The maximum Gasteiger partial charge on any atom is 0.316 e. The number of carbonyl (C=O) groups excluding carboxylic acids is 1. The summed E-state index contributed by atoms with van der Waals surface area (Å²) in [6.07, 6.45) is 3.07. The van der Waals surface area contributed by atoms with E-state index in [-0.39, 0.29) is 17.6 Å². The molecule has 1 amide bonds. The lowest BCUT2D eigenvalue weighted by Crippen LogP contribution is -2.40. The van der Waals surface area contributed by atoms with Crippen molar-refractivity contribution in [1.82, 2.24) is 15.3 Å². The molecule has 2 unspecified atom stereocenters. The molecule has 1 saturated carbocycles. The van der Waals surface area contributed by atoms with Crippen molar-refractivity contribution in [2.75, 3.05) is 0 Å². The summed E-state index contributed by atoms with van der Waals surface area (Å²) in [5.74, 6) is -0.326. The number of aromatic amines is 1. The normalized spacial score (nSPS) is 19.3. The van der Waals surface area contributed by atoms with E-state index in [4.69, 9.17) is 0 Å². The third-order valence-electron chi connectivity index (χ3n) is 4.61. The minimum absolute atomic E-state index is 0.186. The fourth-order valence-electron chi connectivity index (χ4n) is 3.39. The van der Waals surface area contributed by atoms with Crippen LogP contribution in [0, 0.1) is 0 Å². The first-order valence-corrected chi connectivity index (χ1v) is 10.3. The molecular weight excluding hydrogens is 388 g/mol. The van der Waals surface area contributed by atoms with Crippen LogP contribution in [0.25, 0.3) is 21.5 Å². The Morgan fingerprint density at radius 2 is 2.26 bits per heavy atom. The van der Waals surface area contributed by atoms with Crippen molar-refractivity contribution >= 4 is 44.5 Å². The lowest BCUT2D eigenvalue weighted by atomic mass is 10.1. The Balaban J connectivity index is 1.83. The van der Waals surface area contributed by atoms with Crippen molar-refractivity contribution in [2.24, 2.45) is 4.36 Å². The van der Waals surface area contributed by atoms with Crippen molar-refractivity contribution in [3.8, 4) is 10.4 Å². The van der Waals surface area contributed by atoms with Gasteiger partial charge in [-0.1, -0.05) is 6.07 Å². The van der Waals surface area contributed by atoms with E-state index in [0.717, 1.165) is 17.7 Å². The van der Waals surface area contributed by atoms with Crippen molar-refractivity contribution in [2.45, 2.75) is 31.4 Å². The summed E-state index contributed by atoms with van der Waals surface area (Å²) >= 11 is 1.46. The Morgan fingerprint density at radius 3 is 2.93 bits per heavy atom. The zero-order chi connectivity index (χ0) is 19.0. The molecule has 0 saturated heterocycles. The maximum absolute atomic E-state index is 12.9. The largest absolute Gasteiger partial charge is 0.391 e. The van der Waals surface area contributed by atoms with Crippen molar-refractivity contribution in [1.29, 1.82) is 0 Å². The SMILES string of the molecule is O=C(NC1CCCC1O)c1[nH]c2ncc(N=S(=O)=O)cc2c1-c1cccs1. The fraction of sp³-hybridized carbons (Fsp3) is 0.294. The number of aliphatic hydroxyl groups excluding tert-OH is 1. The number of fused-ring (bicyclic) bond motifs is 1. The van der Waals surface area contributed by atoms with Crippen molar-refractivity contribution in [3.05, 3.63) is 35.5 Å². The number of carbonyl (C=O) groups is 1. The number of hydrogen-bond donors (Lipinski definition) is 3. The first-order chi connectivity index (χ1) is 13.0. The van der Waals surface area contributed by atoms with Crippen LogP contribution < -0.4 is 5.32 Å². The standard InChI is InChI=1S/C17H16N4O4S2/c22-12-4-1-3-11(12)19-17(23)15-14(13-5-2-6-26-13)10-7-9(21-27(24)25)8-18-16(10)20-15/h2,5-8,11-12,22H,1,3-4H2,(H,18,20)(H,19,23). The van der Waals surface area contributed by atoms with Gasteiger partial charge in [-0.2, -0.15) is 8.42 Å². The highest BCUT2D eigenvalue weighted by atomic mass is 32.2. The molecule has 3 aromatic heterocycles. The topological polar surface area (TPSA) is 125 Å². The highest BCUT2D eigenvalue weighted by molar-refractivity contribution is 7.61. The molecule has 2 atom stereocenters. The lowest BCUT2D eigenvalue weighted by molar-refractivity contribution is 0.0870. The molecule has 10 heteroatoms. The smallest absolute Gasteiger partial charge is 0.316 e. The Morgan fingerprint density at radius 1 is 1.41 bits per heavy atom. The molecule has 27 heavy (non-hydrogen) atoms. The number of nitrogens with one attached hydrogen (secondary N) is 2. The number of rotatable bonds is 4. The summed E-state index contributed by atoms with van der Waals surface area (Å²) in [4.78, 5) is 21.0. The van der Waals surface area contributed by atoms with Gasteiger partial charge in [0.25, 0.3) is 5.91 Å². The second kappa shape index (κ2) is 7.22. The van der Waals surface area contributed by atoms with E-state index < -0.39 is 16.6 Å². The predicted molar refractivity (Wildman–Crippen MR) is 102 cm³/mol. The molecule has 0 bridgehead atoms. The van der Waals surface area contributed by atoms with Crippen molar-refractivity contribution in [3.63, 3.8) is 0 Å². The fourth-order valence-corrected chi connectivity index (χ4v) is 4.45. The molecule has 3 N–H and O–H groups in total. The zero-order valence-corrected chi connectivity index (χ0v) is 15.7. The van der Waals surface area contributed by atoms with Gasteiger partial charge in [0.1, 0.15) is 17.0 Å². The van der Waals surface area contributed by atoms with E-state index in [2.05, 4.69) is 19.6 Å². The van der Waals surface area contributed by atoms with E-state index in [1.807, 2.05) is 17.5 Å². The van der Waals surface area contributed by atoms with Crippen LogP contribution in [-0.4, -0.2) is 41.5 Å². The van der Waals surface area contributed by atoms with Gasteiger partial charge in [-0.15, -0.1) is 15.7 Å². The zero-order valence-electron chi connectivity index (χ0n) is 14.0. The van der Waals surface area contributed by atoms with Crippen LogP contribution in [0.2, 0.25) is 0 Å². The molecule has 1 fully saturated rings. The lowest BCUT2D eigenvalue weighted by Gasteiger charge is -2.16. The predicted octanol–water partition coefficient (Wildman–Crippen LogP) is 2.63. The van der Waals surface area contributed by atoms with Gasteiger partial charge in [0.05, 0.1) is 18.3 Å². The van der Waals surface area contributed by atoms with E-state index in [9.17, 15) is 18.3 Å². The molecule has 8 nitrogen and oxygen atoms in total. The number of aromatic nitrogens is 2. The van der Waals surface area contributed by atoms with Gasteiger partial charge >= 0.3 is 10.5 Å². The van der Waals surface area contributed by atoms with Gasteiger partial charge in [0.2, 0.25) is 0 Å². The van der Waals surface area contributed by atoms with Crippen LogP contribution >= 0.6 is 11.3 Å². The summed E-state index contributed by atoms with van der Waals surface area (Å²) in [5.41, 5.74) is 1.63. The second-order valence-electron chi connectivity index (χ2n) is 6.33. The molecular formula is C17H16N4O4S2. The van der Waals surface area contributed by atoms with Gasteiger partial charge < -0.3 is 15.4 Å². The summed E-state index contributed by atoms with van der Waals surface area (Å²) in [7, 11) is -2.59. The summed E-state index contributed by atoms with van der Waals surface area (Å²) < 4.78 is 25.2. The van der Waals surface area contributed by atoms with Gasteiger partial charge in [0.15, 0.2) is 0 Å². The highest BCUT2D eigenvalue weighted by Crippen LogP contribution is 2.36. The number of H-pyrrole nitrogens is 1. The number of nitrogens with zero attached hydrogens (tertiary/aromatic N) is 2. The minimum Gasteiger partial charge on any atom is -0.391 e. The molecule has 1 aliphatic carbocycles. The Hall–Kier alpha value is -2.56. The van der Waals surface area contributed by atoms with Gasteiger partial charge in [0, 0.05) is 15.8 Å². The average molecular weight is 404 g/mol. The highest BCUT2D eigenvalue weighted by Gasteiger charge is 2.29. The molecule has 3 heterocycles. The molecule has 1 aliphatic rings. The van der Waals surface area contributed by atoms with Crippen molar-refractivity contribution < 1.29 is 18.3 Å². The number of hydrogen-bond acceptors (Lipinski definition) is 7. The number of pyridine rings is 1. The average Bonchev–Trinajstić information content (AvgIpc) is 3.34. The van der Waals surface area contributed by atoms with Gasteiger partial charge in [-0.3, -0.25) is 4.79 Å². The number of amides is 1. The van der Waals surface area contributed by atoms with E-state index in [0.29, 0.717) is 28.7 Å². The van der Waals surface area contributed by atoms with Crippen LogP contribution in [0.15, 0.2) is 34.1 Å². The monoisotopic (exact) mass is 404 g/mol. The molecule has 0 aromatic carbocycles. The molecule has 3 aromatic rings. The van der Waals surface area contributed by atoms with E-state index >= 15 is 0 Å². The van der Waals surface area contributed by atoms with Gasteiger partial charge in [-0.05, 0) is 36.8 Å². The van der Waals surface area contributed by atoms with Gasteiger partial charge in [-0.25, -0.2) is 4.98 Å². The van der Waals surface area contributed by atoms with Crippen LogP contribution in [0.4, 0.5) is 5.69 Å². The molecule has 0 radical (unpaired) electrons. The third-order valence-corrected chi connectivity index (χ3v) is 5.85. The first-order valence-electron chi connectivity index (χ1n) is 8.38.